The van der Waals surface area contributed by atoms with Crippen LogP contribution in [-0.4, -0.2) is 16.6 Å². The Balaban J connectivity index is 2.25. The number of ether oxygens (including phenoxy) is 2. The van der Waals surface area contributed by atoms with Gasteiger partial charge in [-0.15, -0.1) is 0 Å². The van der Waals surface area contributed by atoms with Crippen molar-refractivity contribution >= 4 is 21.7 Å². The van der Waals surface area contributed by atoms with Gasteiger partial charge in [-0.3, -0.25) is 0 Å². The van der Waals surface area contributed by atoms with Gasteiger partial charge in [0.25, 0.3) is 0 Å². The molecule has 8 heteroatoms. The summed E-state index contributed by atoms with van der Waals surface area (Å²) in [4.78, 5) is 8.35. The molecule has 1 aromatic carbocycles. The Bertz CT molecular complexity index is 627. The lowest BCUT2D eigenvalue weighted by Gasteiger charge is -2.10. The molecule has 0 aliphatic carbocycles. The molecule has 0 saturated heterocycles. The highest BCUT2D eigenvalue weighted by molar-refractivity contribution is 9.10. The van der Waals surface area contributed by atoms with Gasteiger partial charge < -0.3 is 14.9 Å². The molecular formula is C13H14BrFN4O2. The molecule has 0 unspecified atom stereocenters. The minimum Gasteiger partial charge on any atom is -0.438 e. The van der Waals surface area contributed by atoms with Gasteiger partial charge in [0.2, 0.25) is 5.88 Å². The van der Waals surface area contributed by atoms with Crippen LogP contribution in [0, 0.1) is 5.82 Å². The van der Waals surface area contributed by atoms with Crippen molar-refractivity contribution in [3.8, 4) is 11.6 Å². The number of benzene rings is 1. The van der Waals surface area contributed by atoms with E-state index in [1.165, 1.54) is 24.3 Å². The second kappa shape index (κ2) is 7.30. The summed E-state index contributed by atoms with van der Waals surface area (Å²) in [5.41, 5.74) is 2.44. The number of nitrogens with one attached hydrogen (secondary N) is 1. The summed E-state index contributed by atoms with van der Waals surface area (Å²) < 4.78 is 24.4. The molecule has 6 nitrogen and oxygen atoms in total. The first-order chi connectivity index (χ1) is 10.1. The second-order valence-corrected chi connectivity index (χ2v) is 4.82. The van der Waals surface area contributed by atoms with Gasteiger partial charge in [-0.2, -0.15) is 4.98 Å². The summed E-state index contributed by atoms with van der Waals surface area (Å²) >= 11 is 3.23. The first kappa shape index (κ1) is 15.6. The molecule has 0 saturated carbocycles. The Labute approximate surface area is 129 Å². The van der Waals surface area contributed by atoms with Crippen LogP contribution in [0.25, 0.3) is 0 Å². The number of anilines is 1. The van der Waals surface area contributed by atoms with Crippen molar-refractivity contribution in [2.45, 2.75) is 13.5 Å². The molecule has 1 aromatic heterocycles. The van der Waals surface area contributed by atoms with E-state index in [1.807, 2.05) is 6.92 Å². The molecule has 0 fully saturated rings. The van der Waals surface area contributed by atoms with E-state index in [1.54, 1.807) is 0 Å². The zero-order valence-corrected chi connectivity index (χ0v) is 12.9. The molecule has 1 heterocycles. The van der Waals surface area contributed by atoms with Crippen LogP contribution in [0.3, 0.4) is 0 Å². The van der Waals surface area contributed by atoms with Gasteiger partial charge in [-0.1, -0.05) is 0 Å². The first-order valence-corrected chi connectivity index (χ1v) is 6.97. The van der Waals surface area contributed by atoms with Crippen LogP contribution in [0.5, 0.6) is 11.6 Å². The number of hydrogen-bond donors (Lipinski definition) is 2. The van der Waals surface area contributed by atoms with Gasteiger partial charge in [0.1, 0.15) is 24.0 Å². The average Bonchev–Trinajstić information content (AvgIpc) is 2.48. The molecule has 0 bridgehead atoms. The minimum absolute atomic E-state index is 0.243. The Hall–Kier alpha value is -1.77. The summed E-state index contributed by atoms with van der Waals surface area (Å²) in [5, 5.41) is 0. The van der Waals surface area contributed by atoms with Crippen molar-refractivity contribution in [2.75, 3.05) is 12.0 Å². The molecule has 0 spiro atoms. The number of halogens is 2. The summed E-state index contributed by atoms with van der Waals surface area (Å²) in [6.45, 7) is 2.66. The summed E-state index contributed by atoms with van der Waals surface area (Å²) in [7, 11) is 0. The molecule has 21 heavy (non-hydrogen) atoms. The fourth-order valence-corrected chi connectivity index (χ4v) is 1.96. The third kappa shape index (κ3) is 4.35. The van der Waals surface area contributed by atoms with Crippen LogP contribution >= 0.6 is 15.9 Å². The van der Waals surface area contributed by atoms with E-state index >= 15 is 0 Å². The van der Waals surface area contributed by atoms with Crippen LogP contribution in [0.15, 0.2) is 28.7 Å². The summed E-state index contributed by atoms with van der Waals surface area (Å²) in [6, 6.07) is 5.63. The highest BCUT2D eigenvalue weighted by Gasteiger charge is 2.09. The molecule has 0 amide bonds. The summed E-state index contributed by atoms with van der Waals surface area (Å²) in [5.74, 6) is 6.54. The van der Waals surface area contributed by atoms with Gasteiger partial charge >= 0.3 is 0 Å². The first-order valence-electron chi connectivity index (χ1n) is 6.17. The number of rotatable bonds is 6. The number of nitrogen functional groups attached to an aromatic ring is 1. The largest absolute Gasteiger partial charge is 0.438 e. The van der Waals surface area contributed by atoms with E-state index in [0.29, 0.717) is 28.5 Å². The minimum atomic E-state index is -0.363. The average molecular weight is 357 g/mol. The van der Waals surface area contributed by atoms with E-state index in [0.717, 1.165) is 0 Å². The van der Waals surface area contributed by atoms with Crippen molar-refractivity contribution in [3.63, 3.8) is 0 Å². The third-order valence-corrected chi connectivity index (χ3v) is 3.06. The van der Waals surface area contributed by atoms with Crippen LogP contribution in [0.2, 0.25) is 0 Å². The maximum Gasteiger partial charge on any atom is 0.224 e. The molecule has 0 radical (unpaired) electrons. The normalized spacial score (nSPS) is 10.5. The van der Waals surface area contributed by atoms with Crippen LogP contribution in [-0.2, 0) is 11.3 Å². The van der Waals surface area contributed by atoms with Crippen molar-refractivity contribution in [1.29, 1.82) is 0 Å². The lowest BCUT2D eigenvalue weighted by atomic mass is 10.3. The molecule has 2 aromatic rings. The van der Waals surface area contributed by atoms with Gasteiger partial charge in [0, 0.05) is 12.7 Å². The van der Waals surface area contributed by atoms with E-state index in [2.05, 4.69) is 31.3 Å². The SMILES string of the molecule is CCOCc1nc(NN)cc(Oc2ccc(F)cc2Br)n1. The zero-order valence-electron chi connectivity index (χ0n) is 11.3. The molecular weight excluding hydrogens is 343 g/mol. The van der Waals surface area contributed by atoms with E-state index in [4.69, 9.17) is 15.3 Å². The Morgan fingerprint density at radius 2 is 2.14 bits per heavy atom. The number of nitrogens with two attached hydrogens (primary N) is 1. The highest BCUT2D eigenvalue weighted by atomic mass is 79.9. The smallest absolute Gasteiger partial charge is 0.224 e. The fourth-order valence-electron chi connectivity index (χ4n) is 1.53. The molecule has 0 aliphatic rings. The highest BCUT2D eigenvalue weighted by Crippen LogP contribution is 2.30. The third-order valence-electron chi connectivity index (χ3n) is 2.44. The lowest BCUT2D eigenvalue weighted by molar-refractivity contribution is 0.128. The monoisotopic (exact) mass is 356 g/mol. The van der Waals surface area contributed by atoms with Crippen molar-refractivity contribution in [2.24, 2.45) is 5.84 Å². The molecule has 0 aliphatic heterocycles. The second-order valence-electron chi connectivity index (χ2n) is 3.97. The number of nitrogens with zero attached hydrogens (tertiary/aromatic N) is 2. The van der Waals surface area contributed by atoms with Crippen molar-refractivity contribution < 1.29 is 13.9 Å². The van der Waals surface area contributed by atoms with E-state index in [9.17, 15) is 4.39 Å². The van der Waals surface area contributed by atoms with Crippen molar-refractivity contribution in [3.05, 3.63) is 40.4 Å². The maximum atomic E-state index is 13.1. The summed E-state index contributed by atoms with van der Waals surface area (Å²) in [6.07, 6.45) is 0. The molecule has 3 N–H and O–H groups in total. The van der Waals surface area contributed by atoms with Crippen LogP contribution < -0.4 is 16.0 Å². The molecule has 0 atom stereocenters. The Morgan fingerprint density at radius 1 is 1.33 bits per heavy atom. The van der Waals surface area contributed by atoms with Crippen LogP contribution in [0.4, 0.5) is 10.2 Å². The van der Waals surface area contributed by atoms with E-state index < -0.39 is 0 Å². The number of hydrogen-bond acceptors (Lipinski definition) is 6. The Kier molecular flexibility index (Phi) is 5.43. The number of aromatic nitrogens is 2. The predicted molar refractivity (Wildman–Crippen MR) is 79.3 cm³/mol. The Morgan fingerprint density at radius 3 is 2.81 bits per heavy atom. The van der Waals surface area contributed by atoms with Crippen LogP contribution in [0.1, 0.15) is 12.7 Å². The van der Waals surface area contributed by atoms with Gasteiger partial charge in [0.05, 0.1) is 4.47 Å². The quantitative estimate of drug-likeness (QED) is 0.611. The standard InChI is InChI=1S/C13H14BrFN4O2/c1-2-20-7-12-17-11(19-16)6-13(18-12)21-10-4-3-8(15)5-9(10)14/h3-6H,2,7,16H2,1H3,(H,17,18,19). The topological polar surface area (TPSA) is 82.3 Å². The lowest BCUT2D eigenvalue weighted by Crippen LogP contribution is -2.11. The molecule has 112 valence electrons. The molecule has 2 rings (SSSR count). The van der Waals surface area contributed by atoms with Gasteiger partial charge in [-0.25, -0.2) is 15.2 Å². The van der Waals surface area contributed by atoms with Crippen molar-refractivity contribution in [1.82, 2.24) is 9.97 Å². The van der Waals surface area contributed by atoms with Gasteiger partial charge in [0.15, 0.2) is 5.82 Å². The predicted octanol–water partition coefficient (Wildman–Crippen LogP) is 2.99. The van der Waals surface area contributed by atoms with E-state index in [-0.39, 0.29) is 18.3 Å². The maximum absolute atomic E-state index is 13.1. The fraction of sp³-hybridized carbons (Fsp3) is 0.231. The zero-order chi connectivity index (χ0) is 15.2. The number of hydrazine groups is 1. The van der Waals surface area contributed by atoms with Gasteiger partial charge in [-0.05, 0) is 41.1 Å².